The molecule has 6 nitrogen and oxygen atoms in total. The van der Waals surface area contributed by atoms with Crippen LogP contribution in [-0.4, -0.2) is 28.0 Å². The Balaban J connectivity index is 0.00000220. The Kier molecular flexibility index (Phi) is 7.37. The molecule has 0 radical (unpaired) electrons. The first-order valence-corrected chi connectivity index (χ1v) is 8.91. The summed E-state index contributed by atoms with van der Waals surface area (Å²) >= 11 is 1.17. The number of halogens is 1. The van der Waals surface area contributed by atoms with Gasteiger partial charge in [-0.3, -0.25) is 4.99 Å². The molecular weight excluding hydrogens is 423 g/mol. The molecule has 1 aromatic heterocycles. The summed E-state index contributed by atoms with van der Waals surface area (Å²) < 4.78 is 22.6. The molecule has 0 spiro atoms. The van der Waals surface area contributed by atoms with Crippen LogP contribution in [0, 0.1) is 5.92 Å². The highest BCUT2D eigenvalue weighted by atomic mass is 127. The van der Waals surface area contributed by atoms with Gasteiger partial charge in [0.2, 0.25) is 10.0 Å². The molecule has 1 heterocycles. The third kappa shape index (κ3) is 5.72. The molecule has 0 aromatic carbocycles. The predicted molar refractivity (Wildman–Crippen MR) is 96.6 cm³/mol. The summed E-state index contributed by atoms with van der Waals surface area (Å²) in [6, 6.07) is 3.29. The van der Waals surface area contributed by atoms with Crippen LogP contribution in [0.5, 0.6) is 0 Å². The predicted octanol–water partition coefficient (Wildman–Crippen LogP) is 1.48. The van der Waals surface area contributed by atoms with E-state index in [1.807, 2.05) is 0 Å². The summed E-state index contributed by atoms with van der Waals surface area (Å²) in [7, 11) is -1.88. The summed E-state index contributed by atoms with van der Waals surface area (Å²) in [6.07, 6.45) is 3.89. The van der Waals surface area contributed by atoms with Crippen molar-refractivity contribution in [3.63, 3.8) is 0 Å². The van der Waals surface area contributed by atoms with Crippen molar-refractivity contribution < 1.29 is 8.42 Å². The molecule has 0 atom stereocenters. The van der Waals surface area contributed by atoms with Gasteiger partial charge in [-0.05, 0) is 30.9 Å². The lowest BCUT2D eigenvalue weighted by atomic mass is 9.85. The highest BCUT2D eigenvalue weighted by molar-refractivity contribution is 14.0. The maximum Gasteiger partial charge on any atom is 0.247 e. The second-order valence-corrected chi connectivity index (χ2v) is 7.83. The van der Waals surface area contributed by atoms with E-state index in [0.717, 1.165) is 23.3 Å². The van der Waals surface area contributed by atoms with Crippen LogP contribution >= 0.6 is 35.3 Å². The molecule has 0 saturated heterocycles. The zero-order valence-electron chi connectivity index (χ0n) is 11.8. The SMILES string of the molecule is CN=C(NCc1ccc(S(N)(=O)=O)s1)NCC1CCC1.I. The number of guanidine groups is 1. The second-order valence-electron chi connectivity index (χ2n) is 4.87. The lowest BCUT2D eigenvalue weighted by Gasteiger charge is -2.26. The summed E-state index contributed by atoms with van der Waals surface area (Å²) in [5.41, 5.74) is 0. The number of hydrogen-bond donors (Lipinski definition) is 3. The maximum atomic E-state index is 11.2. The van der Waals surface area contributed by atoms with Crippen LogP contribution in [0.3, 0.4) is 0 Å². The van der Waals surface area contributed by atoms with Gasteiger partial charge in [-0.15, -0.1) is 35.3 Å². The van der Waals surface area contributed by atoms with Crippen molar-refractivity contribution in [3.8, 4) is 0 Å². The van der Waals surface area contributed by atoms with Gasteiger partial charge in [-0.2, -0.15) is 0 Å². The first-order valence-electron chi connectivity index (χ1n) is 6.55. The van der Waals surface area contributed by atoms with Crippen LogP contribution in [0.15, 0.2) is 21.3 Å². The number of nitrogens with one attached hydrogen (secondary N) is 2. The van der Waals surface area contributed by atoms with Crippen molar-refractivity contribution in [2.75, 3.05) is 13.6 Å². The van der Waals surface area contributed by atoms with E-state index in [4.69, 9.17) is 5.14 Å². The Hall–Kier alpha value is -0.390. The smallest absolute Gasteiger partial charge is 0.247 e. The Bertz CT molecular complexity index is 582. The molecule has 120 valence electrons. The van der Waals surface area contributed by atoms with Crippen molar-refractivity contribution in [1.29, 1.82) is 0 Å². The highest BCUT2D eigenvalue weighted by Crippen LogP contribution is 2.25. The summed E-state index contributed by atoms with van der Waals surface area (Å²) in [6.45, 7) is 1.47. The quantitative estimate of drug-likeness (QED) is 0.364. The Labute approximate surface area is 146 Å². The second kappa shape index (κ2) is 8.30. The Morgan fingerprint density at radius 3 is 2.62 bits per heavy atom. The van der Waals surface area contributed by atoms with Crippen molar-refractivity contribution in [2.24, 2.45) is 16.0 Å². The normalized spacial score (nSPS) is 16.0. The average Bonchev–Trinajstić information content (AvgIpc) is 2.79. The molecule has 0 unspecified atom stereocenters. The molecule has 1 aliphatic carbocycles. The fourth-order valence-corrected chi connectivity index (χ4v) is 3.65. The van der Waals surface area contributed by atoms with Crippen molar-refractivity contribution in [3.05, 3.63) is 17.0 Å². The molecule has 21 heavy (non-hydrogen) atoms. The van der Waals surface area contributed by atoms with Crippen LogP contribution in [0.1, 0.15) is 24.1 Å². The number of rotatable bonds is 5. The van der Waals surface area contributed by atoms with Crippen molar-refractivity contribution in [2.45, 2.75) is 30.0 Å². The van der Waals surface area contributed by atoms with Gasteiger partial charge in [0.25, 0.3) is 0 Å². The van der Waals surface area contributed by atoms with Crippen LogP contribution in [0.2, 0.25) is 0 Å². The van der Waals surface area contributed by atoms with Crippen LogP contribution in [0.4, 0.5) is 0 Å². The van der Waals surface area contributed by atoms with Crippen LogP contribution in [-0.2, 0) is 16.6 Å². The molecule has 4 N–H and O–H groups in total. The molecule has 9 heteroatoms. The molecular formula is C12H21IN4O2S2. The number of nitrogens with two attached hydrogens (primary N) is 1. The van der Waals surface area contributed by atoms with E-state index in [9.17, 15) is 8.42 Å². The minimum Gasteiger partial charge on any atom is -0.356 e. The van der Waals surface area contributed by atoms with E-state index in [-0.39, 0.29) is 28.2 Å². The van der Waals surface area contributed by atoms with Gasteiger partial charge in [0.15, 0.2) is 5.96 Å². The zero-order valence-corrected chi connectivity index (χ0v) is 15.8. The standard InChI is InChI=1S/C12H20N4O2S2.HI/c1-14-12(15-7-9-3-2-4-9)16-8-10-5-6-11(19-10)20(13,17)18;/h5-6,9H,2-4,7-8H2,1H3,(H2,13,17,18)(H2,14,15,16);1H. The molecule has 2 rings (SSSR count). The minimum atomic E-state index is -3.60. The molecule has 1 fully saturated rings. The number of primary sulfonamides is 1. The fourth-order valence-electron chi connectivity index (χ4n) is 1.94. The van der Waals surface area contributed by atoms with Crippen LogP contribution < -0.4 is 15.8 Å². The van der Waals surface area contributed by atoms with Gasteiger partial charge >= 0.3 is 0 Å². The van der Waals surface area contributed by atoms with Gasteiger partial charge in [-0.25, -0.2) is 13.6 Å². The fraction of sp³-hybridized carbons (Fsp3) is 0.583. The monoisotopic (exact) mass is 444 g/mol. The summed E-state index contributed by atoms with van der Waals surface area (Å²) in [4.78, 5) is 5.05. The van der Waals surface area contributed by atoms with Crippen LogP contribution in [0.25, 0.3) is 0 Å². The molecule has 0 amide bonds. The van der Waals surface area contributed by atoms with Crippen molar-refractivity contribution in [1.82, 2.24) is 10.6 Å². The molecule has 1 aliphatic rings. The molecule has 1 saturated carbocycles. The van der Waals surface area contributed by atoms with Crippen molar-refractivity contribution >= 4 is 51.3 Å². The van der Waals surface area contributed by atoms with Gasteiger partial charge in [0.1, 0.15) is 4.21 Å². The van der Waals surface area contributed by atoms with E-state index in [2.05, 4.69) is 15.6 Å². The Morgan fingerprint density at radius 2 is 2.14 bits per heavy atom. The lowest BCUT2D eigenvalue weighted by molar-refractivity contribution is 0.314. The number of nitrogens with zero attached hydrogens (tertiary/aromatic N) is 1. The van der Waals surface area contributed by atoms with Gasteiger partial charge < -0.3 is 10.6 Å². The lowest BCUT2D eigenvalue weighted by Crippen LogP contribution is -2.40. The molecule has 1 aromatic rings. The first kappa shape index (κ1) is 18.7. The number of thiophene rings is 1. The number of hydrogen-bond acceptors (Lipinski definition) is 4. The number of aliphatic imine (C=N–C) groups is 1. The summed E-state index contributed by atoms with van der Waals surface area (Å²) in [5.74, 6) is 1.49. The van der Waals surface area contributed by atoms with Gasteiger partial charge in [0, 0.05) is 18.5 Å². The maximum absolute atomic E-state index is 11.2. The third-order valence-electron chi connectivity index (χ3n) is 3.35. The summed E-state index contributed by atoms with van der Waals surface area (Å²) in [5, 5.41) is 11.5. The van der Waals surface area contributed by atoms with E-state index in [1.165, 1.54) is 36.7 Å². The van der Waals surface area contributed by atoms with Gasteiger partial charge in [-0.1, -0.05) is 6.42 Å². The third-order valence-corrected chi connectivity index (χ3v) is 5.88. The van der Waals surface area contributed by atoms with E-state index < -0.39 is 10.0 Å². The highest BCUT2D eigenvalue weighted by Gasteiger charge is 2.17. The average molecular weight is 444 g/mol. The van der Waals surface area contributed by atoms with E-state index >= 15 is 0 Å². The minimum absolute atomic E-state index is 0. The zero-order chi connectivity index (χ0) is 14.6. The van der Waals surface area contributed by atoms with Gasteiger partial charge in [0.05, 0.1) is 6.54 Å². The number of sulfonamides is 1. The molecule has 0 aliphatic heterocycles. The first-order chi connectivity index (χ1) is 9.49. The largest absolute Gasteiger partial charge is 0.356 e. The molecule has 0 bridgehead atoms. The van der Waals surface area contributed by atoms with E-state index in [1.54, 1.807) is 13.1 Å². The Morgan fingerprint density at radius 1 is 1.43 bits per heavy atom. The topological polar surface area (TPSA) is 96.6 Å². The van der Waals surface area contributed by atoms with E-state index in [0.29, 0.717) is 6.54 Å².